The van der Waals surface area contributed by atoms with E-state index in [2.05, 4.69) is 125 Å². The van der Waals surface area contributed by atoms with Gasteiger partial charge < -0.3 is 15.1 Å². The van der Waals surface area contributed by atoms with Gasteiger partial charge in [-0.15, -0.1) is 0 Å². The number of hydrogen-bond acceptors (Lipinski definition) is 4. The van der Waals surface area contributed by atoms with E-state index in [0.29, 0.717) is 13.0 Å². The van der Waals surface area contributed by atoms with Gasteiger partial charge in [0.1, 0.15) is 0 Å². The maximum absolute atomic E-state index is 13.0. The third-order valence-electron chi connectivity index (χ3n) is 7.59. The molecular weight excluding hydrogens is 480 g/mol. The predicted octanol–water partition coefficient (Wildman–Crippen LogP) is 5.64. The van der Waals surface area contributed by atoms with Crippen LogP contribution in [0.2, 0.25) is 0 Å². The van der Waals surface area contributed by atoms with E-state index in [1.165, 1.54) is 22.5 Å². The summed E-state index contributed by atoms with van der Waals surface area (Å²) in [6.45, 7) is 4.43. The molecule has 1 aliphatic rings. The summed E-state index contributed by atoms with van der Waals surface area (Å²) in [5.41, 5.74) is 7.06. The summed E-state index contributed by atoms with van der Waals surface area (Å²) in [6.07, 6.45) is 0.378. The summed E-state index contributed by atoms with van der Waals surface area (Å²) in [6, 6.07) is 38.1. The summed E-state index contributed by atoms with van der Waals surface area (Å²) < 4.78 is 0. The summed E-state index contributed by atoms with van der Waals surface area (Å²) >= 11 is 0. The van der Waals surface area contributed by atoms with E-state index in [4.69, 9.17) is 0 Å². The highest BCUT2D eigenvalue weighted by Gasteiger charge is 2.26. The molecule has 1 saturated heterocycles. The normalized spacial score (nSPS) is 14.6. The molecule has 1 N–H and O–H groups in total. The van der Waals surface area contributed by atoms with Crippen molar-refractivity contribution in [3.63, 3.8) is 0 Å². The Kier molecular flexibility index (Phi) is 8.59. The van der Waals surface area contributed by atoms with E-state index in [0.717, 1.165) is 37.3 Å². The molecule has 200 valence electrons. The smallest absolute Gasteiger partial charge is 0.224 e. The largest absolute Gasteiger partial charge is 0.378 e. The fourth-order valence-corrected chi connectivity index (χ4v) is 5.29. The minimum Gasteiger partial charge on any atom is -0.378 e. The van der Waals surface area contributed by atoms with Gasteiger partial charge in [-0.3, -0.25) is 9.69 Å². The van der Waals surface area contributed by atoms with E-state index in [-0.39, 0.29) is 11.9 Å². The van der Waals surface area contributed by atoms with Gasteiger partial charge in [-0.05, 0) is 46.5 Å². The summed E-state index contributed by atoms with van der Waals surface area (Å²) in [5, 5.41) is 3.25. The highest BCUT2D eigenvalue weighted by molar-refractivity contribution is 5.79. The minimum atomic E-state index is 0.0558. The van der Waals surface area contributed by atoms with Crippen LogP contribution in [0.15, 0.2) is 109 Å². The molecule has 1 fully saturated rings. The zero-order valence-corrected chi connectivity index (χ0v) is 23.0. The molecule has 1 heterocycles. The van der Waals surface area contributed by atoms with Gasteiger partial charge in [0.05, 0.1) is 12.5 Å². The predicted molar refractivity (Wildman–Crippen MR) is 162 cm³/mol. The standard InChI is InChI=1S/C34H38N4O/c1-36(2)31-19-17-30(18-20-31)33(38-23-21-37(22-24-38)32-11-7-4-8-12-32)26-35-34(39)25-27-13-15-29(16-14-27)28-9-5-3-6-10-28/h3-20,33H,21-26H2,1-2H3,(H,35,39). The number of benzene rings is 4. The first-order valence-electron chi connectivity index (χ1n) is 13.8. The Balaban J connectivity index is 1.23. The number of amides is 1. The Morgan fingerprint density at radius 3 is 1.95 bits per heavy atom. The van der Waals surface area contributed by atoms with Crippen LogP contribution in [-0.4, -0.2) is 57.6 Å². The lowest BCUT2D eigenvalue weighted by Gasteiger charge is -2.40. The number of hydrogen-bond donors (Lipinski definition) is 1. The molecule has 0 aliphatic carbocycles. The molecule has 39 heavy (non-hydrogen) atoms. The lowest BCUT2D eigenvalue weighted by Crippen LogP contribution is -2.50. The summed E-state index contributed by atoms with van der Waals surface area (Å²) in [7, 11) is 4.11. The second-order valence-corrected chi connectivity index (χ2v) is 10.4. The Labute approximate surface area is 232 Å². The van der Waals surface area contributed by atoms with E-state index >= 15 is 0 Å². The van der Waals surface area contributed by atoms with Crippen molar-refractivity contribution in [2.45, 2.75) is 12.5 Å². The van der Waals surface area contributed by atoms with Crippen molar-refractivity contribution in [3.8, 4) is 11.1 Å². The molecule has 1 unspecified atom stereocenters. The van der Waals surface area contributed by atoms with Crippen molar-refractivity contribution >= 4 is 17.3 Å². The monoisotopic (exact) mass is 518 g/mol. The summed E-state index contributed by atoms with van der Waals surface area (Å²) in [5.74, 6) is 0.0558. The molecule has 5 heteroatoms. The Morgan fingerprint density at radius 1 is 0.744 bits per heavy atom. The first-order valence-corrected chi connectivity index (χ1v) is 13.8. The number of piperazine rings is 1. The zero-order valence-electron chi connectivity index (χ0n) is 23.0. The quantitative estimate of drug-likeness (QED) is 0.311. The van der Waals surface area contributed by atoms with Crippen molar-refractivity contribution in [2.75, 3.05) is 56.6 Å². The van der Waals surface area contributed by atoms with Gasteiger partial charge in [0.2, 0.25) is 5.91 Å². The number of carbonyl (C=O) groups is 1. The minimum absolute atomic E-state index is 0.0558. The lowest BCUT2D eigenvalue weighted by atomic mass is 10.0. The van der Waals surface area contributed by atoms with Crippen molar-refractivity contribution in [1.82, 2.24) is 10.2 Å². The average Bonchev–Trinajstić information content (AvgIpc) is 2.99. The second-order valence-electron chi connectivity index (χ2n) is 10.4. The molecule has 0 bridgehead atoms. The molecule has 4 aromatic carbocycles. The molecule has 1 aliphatic heterocycles. The maximum atomic E-state index is 13.0. The molecule has 0 saturated carbocycles. The van der Waals surface area contributed by atoms with Crippen LogP contribution in [0.25, 0.3) is 11.1 Å². The molecule has 1 amide bonds. The molecule has 5 rings (SSSR count). The van der Waals surface area contributed by atoms with Crippen LogP contribution in [0.4, 0.5) is 11.4 Å². The lowest BCUT2D eigenvalue weighted by molar-refractivity contribution is -0.120. The van der Waals surface area contributed by atoms with E-state index in [1.807, 2.05) is 18.2 Å². The maximum Gasteiger partial charge on any atom is 0.224 e. The van der Waals surface area contributed by atoms with Gasteiger partial charge in [-0.25, -0.2) is 0 Å². The van der Waals surface area contributed by atoms with E-state index in [1.54, 1.807) is 0 Å². The molecule has 5 nitrogen and oxygen atoms in total. The van der Waals surface area contributed by atoms with Crippen LogP contribution < -0.4 is 15.1 Å². The van der Waals surface area contributed by atoms with Gasteiger partial charge >= 0.3 is 0 Å². The number of nitrogens with one attached hydrogen (secondary N) is 1. The van der Waals surface area contributed by atoms with Crippen LogP contribution >= 0.6 is 0 Å². The fraction of sp³-hybridized carbons (Fsp3) is 0.265. The van der Waals surface area contributed by atoms with Crippen molar-refractivity contribution in [1.29, 1.82) is 0 Å². The van der Waals surface area contributed by atoms with Crippen LogP contribution in [0.5, 0.6) is 0 Å². The topological polar surface area (TPSA) is 38.8 Å². The van der Waals surface area contributed by atoms with Gasteiger partial charge in [0.25, 0.3) is 0 Å². The second kappa shape index (κ2) is 12.6. The van der Waals surface area contributed by atoms with Crippen molar-refractivity contribution in [2.24, 2.45) is 0 Å². The number of rotatable bonds is 9. The summed E-state index contributed by atoms with van der Waals surface area (Å²) in [4.78, 5) is 20.1. The van der Waals surface area contributed by atoms with Crippen molar-refractivity contribution in [3.05, 3.63) is 120 Å². The van der Waals surface area contributed by atoms with Gasteiger partial charge in [-0.1, -0.05) is 84.9 Å². The van der Waals surface area contributed by atoms with Gasteiger partial charge in [-0.2, -0.15) is 0 Å². The number of anilines is 2. The molecular formula is C34H38N4O. The number of carbonyl (C=O) groups excluding carboxylic acids is 1. The third kappa shape index (κ3) is 6.87. The molecule has 1 atom stereocenters. The Morgan fingerprint density at radius 2 is 1.33 bits per heavy atom. The fourth-order valence-electron chi connectivity index (χ4n) is 5.29. The van der Waals surface area contributed by atoms with Crippen LogP contribution in [0.3, 0.4) is 0 Å². The van der Waals surface area contributed by atoms with Gasteiger partial charge in [0.15, 0.2) is 0 Å². The molecule has 0 radical (unpaired) electrons. The Bertz CT molecular complexity index is 1310. The van der Waals surface area contributed by atoms with Crippen molar-refractivity contribution < 1.29 is 4.79 Å². The Hall–Kier alpha value is -4.09. The van der Waals surface area contributed by atoms with Crippen LogP contribution in [0, 0.1) is 0 Å². The van der Waals surface area contributed by atoms with E-state index in [9.17, 15) is 4.79 Å². The highest BCUT2D eigenvalue weighted by Crippen LogP contribution is 2.26. The highest BCUT2D eigenvalue weighted by atomic mass is 16.1. The SMILES string of the molecule is CN(C)c1ccc(C(CNC(=O)Cc2ccc(-c3ccccc3)cc2)N2CCN(c3ccccc3)CC2)cc1. The van der Waals surface area contributed by atoms with Crippen LogP contribution in [0.1, 0.15) is 17.2 Å². The van der Waals surface area contributed by atoms with Gasteiger partial charge in [0, 0.05) is 58.2 Å². The number of nitrogens with zero attached hydrogens (tertiary/aromatic N) is 3. The van der Waals surface area contributed by atoms with E-state index < -0.39 is 0 Å². The molecule has 4 aromatic rings. The van der Waals surface area contributed by atoms with Crippen LogP contribution in [-0.2, 0) is 11.2 Å². The average molecular weight is 519 g/mol. The third-order valence-corrected chi connectivity index (χ3v) is 7.59. The molecule has 0 aromatic heterocycles. The first kappa shape index (κ1) is 26.5. The molecule has 0 spiro atoms. The first-order chi connectivity index (χ1) is 19.1. The number of para-hydroxylation sites is 1. The zero-order chi connectivity index (χ0) is 27.0.